The summed E-state index contributed by atoms with van der Waals surface area (Å²) >= 11 is 0. The van der Waals surface area contributed by atoms with Crippen LogP contribution in [0.2, 0.25) is 0 Å². The highest BCUT2D eigenvalue weighted by molar-refractivity contribution is 6.04. The van der Waals surface area contributed by atoms with Gasteiger partial charge in [-0.2, -0.15) is 4.90 Å². The third-order valence-corrected chi connectivity index (χ3v) is 3.67. The molecule has 0 aliphatic carbocycles. The molecule has 2 aromatic carbocycles. The van der Waals surface area contributed by atoms with Gasteiger partial charge >= 0.3 is 11.9 Å². The number of benzene rings is 2. The van der Waals surface area contributed by atoms with Crippen molar-refractivity contribution in [2.45, 2.75) is 13.5 Å². The molecule has 2 aromatic rings. The lowest BCUT2D eigenvalue weighted by atomic mass is 10.2. The molecule has 0 bridgehead atoms. The van der Waals surface area contributed by atoms with Crippen molar-refractivity contribution < 1.29 is 18.9 Å². The summed E-state index contributed by atoms with van der Waals surface area (Å²) in [6.45, 7) is 3.06. The Morgan fingerprint density at radius 1 is 1.21 bits per heavy atom. The van der Waals surface area contributed by atoms with Crippen molar-refractivity contribution in [3.63, 3.8) is 0 Å². The van der Waals surface area contributed by atoms with E-state index >= 15 is 0 Å². The van der Waals surface area contributed by atoms with E-state index in [-0.39, 0.29) is 18.3 Å². The molecule has 0 fully saturated rings. The van der Waals surface area contributed by atoms with E-state index in [1.165, 1.54) is 12.1 Å². The number of para-hydroxylation sites is 2. The van der Waals surface area contributed by atoms with Crippen LogP contribution in [0.5, 0.6) is 5.75 Å². The maximum atomic E-state index is 13.0. The molecule has 0 atom stereocenters. The number of nitrogens with one attached hydrogen (secondary N) is 2. The monoisotopic (exact) mass is 328 g/mol. The largest absolute Gasteiger partial charge is 0.490 e. The molecular formula is C18H19FN3O2+. The third-order valence-electron chi connectivity index (χ3n) is 3.67. The summed E-state index contributed by atoms with van der Waals surface area (Å²) in [6.07, 6.45) is 0. The molecule has 0 aromatic heterocycles. The molecule has 1 aliphatic rings. The number of guanidine groups is 1. The quantitative estimate of drug-likeness (QED) is 0.865. The van der Waals surface area contributed by atoms with Gasteiger partial charge < -0.3 is 4.74 Å². The number of carbonyl (C=O) groups excluding carboxylic acids is 1. The maximum absolute atomic E-state index is 13.0. The van der Waals surface area contributed by atoms with E-state index in [1.54, 1.807) is 17.0 Å². The fraction of sp³-hybridized carbons (Fsp3) is 0.222. The van der Waals surface area contributed by atoms with Gasteiger partial charge in [-0.05, 0) is 36.8 Å². The molecule has 124 valence electrons. The molecular weight excluding hydrogens is 309 g/mol. The Balaban J connectivity index is 1.77. The molecule has 0 saturated carbocycles. The van der Waals surface area contributed by atoms with E-state index in [0.29, 0.717) is 19.1 Å². The Kier molecular flexibility index (Phi) is 4.74. The Bertz CT molecular complexity index is 759. The van der Waals surface area contributed by atoms with Crippen molar-refractivity contribution in [1.82, 2.24) is 4.90 Å². The lowest BCUT2D eigenvalue weighted by Crippen LogP contribution is -2.72. The molecule has 0 saturated heterocycles. The number of halogens is 1. The molecule has 2 N–H and O–H groups in total. The average Bonchev–Trinajstić information content (AvgIpc) is 2.92. The second kappa shape index (κ2) is 7.12. The molecule has 0 unspecified atom stereocenters. The first kappa shape index (κ1) is 16.0. The highest BCUT2D eigenvalue weighted by atomic mass is 19.1. The molecule has 1 aliphatic heterocycles. The van der Waals surface area contributed by atoms with Crippen molar-refractivity contribution in [3.8, 4) is 5.75 Å². The Labute approximate surface area is 139 Å². The van der Waals surface area contributed by atoms with E-state index in [0.717, 1.165) is 17.0 Å². The number of nitrogens with zero attached hydrogens (tertiary/aromatic N) is 1. The topological polar surface area (TPSA) is 55.5 Å². The second-order valence-corrected chi connectivity index (χ2v) is 5.36. The van der Waals surface area contributed by atoms with Crippen LogP contribution < -0.4 is 15.0 Å². The fourth-order valence-corrected chi connectivity index (χ4v) is 2.51. The lowest BCUT2D eigenvalue weighted by Gasteiger charge is -2.14. The molecule has 0 spiro atoms. The van der Waals surface area contributed by atoms with Gasteiger partial charge in [0.15, 0.2) is 12.3 Å². The number of rotatable bonds is 5. The van der Waals surface area contributed by atoms with Gasteiger partial charge in [0.1, 0.15) is 18.0 Å². The first-order valence-electron chi connectivity index (χ1n) is 7.82. The van der Waals surface area contributed by atoms with Crippen LogP contribution in [0.25, 0.3) is 0 Å². The minimum absolute atomic E-state index is 0.0456. The van der Waals surface area contributed by atoms with Gasteiger partial charge in [-0.15, -0.1) is 0 Å². The van der Waals surface area contributed by atoms with Gasteiger partial charge in [-0.1, -0.05) is 24.3 Å². The van der Waals surface area contributed by atoms with Crippen LogP contribution in [0, 0.1) is 5.82 Å². The summed E-state index contributed by atoms with van der Waals surface area (Å²) in [7, 11) is 0. The number of hydrogen-bond donors (Lipinski definition) is 2. The highest BCUT2D eigenvalue weighted by Gasteiger charge is 2.33. The fourth-order valence-electron chi connectivity index (χ4n) is 2.51. The van der Waals surface area contributed by atoms with Gasteiger partial charge in [0, 0.05) is 0 Å². The predicted octanol–water partition coefficient (Wildman–Crippen LogP) is 1.12. The van der Waals surface area contributed by atoms with Crippen molar-refractivity contribution in [1.29, 1.82) is 0 Å². The molecule has 24 heavy (non-hydrogen) atoms. The van der Waals surface area contributed by atoms with E-state index in [1.807, 2.05) is 31.2 Å². The maximum Gasteiger partial charge on any atom is 0.359 e. The summed E-state index contributed by atoms with van der Waals surface area (Å²) in [6, 6.07) is 13.7. The second-order valence-electron chi connectivity index (χ2n) is 5.36. The van der Waals surface area contributed by atoms with Crippen LogP contribution in [0.4, 0.5) is 10.1 Å². The van der Waals surface area contributed by atoms with Crippen LogP contribution in [-0.4, -0.2) is 29.9 Å². The standard InChI is InChI=1S/C18H18FN3O2/c1-2-24-16-6-4-3-5-15(16)21-18-20-11-17(23)22(18)12-13-7-9-14(19)10-8-13/h3-10H,2,11-12H2,1H3,(H,20,21)/p+1. The van der Waals surface area contributed by atoms with E-state index in [9.17, 15) is 9.18 Å². The van der Waals surface area contributed by atoms with Crippen LogP contribution in [0.3, 0.4) is 0 Å². The van der Waals surface area contributed by atoms with E-state index in [4.69, 9.17) is 4.74 Å². The van der Waals surface area contributed by atoms with Gasteiger partial charge in [0.2, 0.25) is 0 Å². The Morgan fingerprint density at radius 2 is 1.96 bits per heavy atom. The molecule has 1 amide bonds. The van der Waals surface area contributed by atoms with Crippen LogP contribution in [0.15, 0.2) is 48.5 Å². The molecule has 1 heterocycles. The van der Waals surface area contributed by atoms with Crippen LogP contribution in [0.1, 0.15) is 12.5 Å². The van der Waals surface area contributed by atoms with Gasteiger partial charge in [0.25, 0.3) is 0 Å². The lowest BCUT2D eigenvalue weighted by molar-refractivity contribution is -0.438. The van der Waals surface area contributed by atoms with E-state index < -0.39 is 0 Å². The number of anilines is 1. The first-order valence-corrected chi connectivity index (χ1v) is 7.82. The molecule has 5 nitrogen and oxygen atoms in total. The highest BCUT2D eigenvalue weighted by Crippen LogP contribution is 2.24. The number of ether oxygens (including phenoxy) is 1. The normalized spacial score (nSPS) is 13.8. The van der Waals surface area contributed by atoms with Gasteiger partial charge in [-0.3, -0.25) is 9.79 Å². The first-order chi connectivity index (χ1) is 11.7. The van der Waals surface area contributed by atoms with Crippen LogP contribution >= 0.6 is 0 Å². The average molecular weight is 328 g/mol. The van der Waals surface area contributed by atoms with Crippen LogP contribution in [-0.2, 0) is 11.3 Å². The third kappa shape index (κ3) is 3.53. The van der Waals surface area contributed by atoms with Gasteiger partial charge in [0.05, 0.1) is 6.61 Å². The summed E-state index contributed by atoms with van der Waals surface area (Å²) in [5.41, 5.74) is 1.63. The smallest absolute Gasteiger partial charge is 0.359 e. The molecule has 0 radical (unpaired) electrons. The minimum Gasteiger partial charge on any atom is -0.490 e. The summed E-state index contributed by atoms with van der Waals surface area (Å²) < 4.78 is 18.6. The zero-order chi connectivity index (χ0) is 16.9. The number of amides is 1. The Hall–Kier alpha value is -2.89. The summed E-state index contributed by atoms with van der Waals surface area (Å²) in [5, 5.41) is 3.22. The Morgan fingerprint density at radius 3 is 2.71 bits per heavy atom. The zero-order valence-electron chi connectivity index (χ0n) is 13.4. The number of hydrogen-bond acceptors (Lipinski definition) is 3. The van der Waals surface area contributed by atoms with E-state index in [2.05, 4.69) is 10.3 Å². The molecule has 6 heteroatoms. The van der Waals surface area contributed by atoms with Crippen molar-refractivity contribution in [2.24, 2.45) is 0 Å². The summed E-state index contributed by atoms with van der Waals surface area (Å²) in [4.78, 5) is 16.8. The van der Waals surface area contributed by atoms with Gasteiger partial charge in [-0.25, -0.2) is 9.71 Å². The SMILES string of the molecule is CCOc1ccccc1NC1=[NH+]CC(=O)N1Cc1ccc(F)cc1. The molecule has 3 rings (SSSR count). The van der Waals surface area contributed by atoms with Crippen molar-refractivity contribution in [2.75, 3.05) is 18.5 Å². The van der Waals surface area contributed by atoms with Crippen molar-refractivity contribution >= 4 is 17.6 Å². The predicted molar refractivity (Wildman–Crippen MR) is 89.0 cm³/mol. The van der Waals surface area contributed by atoms with Crippen molar-refractivity contribution in [3.05, 3.63) is 59.9 Å². The zero-order valence-corrected chi connectivity index (χ0v) is 13.4. The number of carbonyl (C=O) groups is 1. The minimum atomic E-state index is -0.294. The summed E-state index contributed by atoms with van der Waals surface area (Å²) in [5.74, 6) is 0.972.